The van der Waals surface area contributed by atoms with Gasteiger partial charge in [0.2, 0.25) is 0 Å². The van der Waals surface area contributed by atoms with Gasteiger partial charge >= 0.3 is 5.63 Å². The first-order chi connectivity index (χ1) is 13.8. The third-order valence-corrected chi connectivity index (χ3v) is 5.67. The first-order valence-electron chi connectivity index (χ1n) is 9.33. The van der Waals surface area contributed by atoms with E-state index in [-0.39, 0.29) is 11.5 Å². The summed E-state index contributed by atoms with van der Waals surface area (Å²) in [6, 6.07) is 25.2. The zero-order chi connectivity index (χ0) is 18.7. The van der Waals surface area contributed by atoms with Crippen molar-refractivity contribution in [2.75, 3.05) is 0 Å². The van der Waals surface area contributed by atoms with Crippen LogP contribution in [0.1, 0.15) is 29.0 Å². The number of ether oxygens (including phenoxy) is 2. The van der Waals surface area contributed by atoms with Gasteiger partial charge in [0.05, 0.1) is 10.9 Å². The van der Waals surface area contributed by atoms with E-state index < -0.39 is 5.79 Å². The fourth-order valence-electron chi connectivity index (χ4n) is 4.42. The molecule has 1 aromatic heterocycles. The molecule has 2 atom stereocenters. The van der Waals surface area contributed by atoms with Crippen LogP contribution in [0, 0.1) is 0 Å². The molecule has 4 aromatic rings. The van der Waals surface area contributed by atoms with Crippen molar-refractivity contribution < 1.29 is 13.9 Å². The van der Waals surface area contributed by atoms with Gasteiger partial charge in [0.25, 0.3) is 5.79 Å². The summed E-state index contributed by atoms with van der Waals surface area (Å²) in [5, 5.41) is 0.782. The van der Waals surface area contributed by atoms with Gasteiger partial charge in [-0.25, -0.2) is 4.79 Å². The molecule has 0 amide bonds. The lowest BCUT2D eigenvalue weighted by Crippen LogP contribution is -2.48. The molecule has 28 heavy (non-hydrogen) atoms. The molecule has 0 N–H and O–H groups in total. The van der Waals surface area contributed by atoms with Crippen molar-refractivity contribution in [3.8, 4) is 11.5 Å². The molecule has 2 aliphatic rings. The minimum Gasteiger partial charge on any atom is -0.448 e. The maximum Gasteiger partial charge on any atom is 0.343 e. The number of benzene rings is 3. The molecule has 3 aromatic carbocycles. The van der Waals surface area contributed by atoms with Crippen LogP contribution in [-0.4, -0.2) is 0 Å². The maximum atomic E-state index is 12.9. The summed E-state index contributed by atoms with van der Waals surface area (Å²) in [6.45, 7) is 0. The molecule has 4 nitrogen and oxygen atoms in total. The molecule has 4 heteroatoms. The van der Waals surface area contributed by atoms with E-state index in [9.17, 15) is 4.79 Å². The van der Waals surface area contributed by atoms with Gasteiger partial charge < -0.3 is 13.9 Å². The number of fused-ring (bicyclic) bond motifs is 8. The van der Waals surface area contributed by atoms with E-state index in [0.29, 0.717) is 23.3 Å². The van der Waals surface area contributed by atoms with Crippen LogP contribution >= 0.6 is 0 Å². The Morgan fingerprint density at radius 3 is 2.46 bits per heavy atom. The predicted octanol–water partition coefficient (Wildman–Crippen LogP) is 4.95. The fourth-order valence-corrected chi connectivity index (χ4v) is 4.42. The van der Waals surface area contributed by atoms with Crippen LogP contribution < -0.4 is 15.1 Å². The quantitative estimate of drug-likeness (QED) is 0.446. The molecular weight excluding hydrogens is 352 g/mol. The number of rotatable bonds is 1. The van der Waals surface area contributed by atoms with Crippen LogP contribution in [0.5, 0.6) is 11.5 Å². The van der Waals surface area contributed by atoms with E-state index >= 15 is 0 Å². The van der Waals surface area contributed by atoms with Crippen molar-refractivity contribution in [2.45, 2.75) is 18.1 Å². The Kier molecular flexibility index (Phi) is 3.04. The third kappa shape index (κ3) is 2.03. The Morgan fingerprint density at radius 2 is 1.57 bits per heavy atom. The van der Waals surface area contributed by atoms with Crippen LogP contribution in [-0.2, 0) is 5.79 Å². The lowest BCUT2D eigenvalue weighted by Gasteiger charge is -2.46. The van der Waals surface area contributed by atoms with E-state index in [1.54, 1.807) is 6.07 Å². The van der Waals surface area contributed by atoms with Gasteiger partial charge in [-0.15, -0.1) is 0 Å². The molecule has 2 bridgehead atoms. The Morgan fingerprint density at radius 1 is 0.821 bits per heavy atom. The topological polar surface area (TPSA) is 48.7 Å². The summed E-state index contributed by atoms with van der Waals surface area (Å²) in [6.07, 6.45) is 0.518. The molecule has 0 unspecified atom stereocenters. The van der Waals surface area contributed by atoms with Crippen LogP contribution in [0.3, 0.4) is 0 Å². The largest absolute Gasteiger partial charge is 0.448 e. The summed E-state index contributed by atoms with van der Waals surface area (Å²) in [4.78, 5) is 12.9. The minimum absolute atomic E-state index is 0.158. The van der Waals surface area contributed by atoms with Gasteiger partial charge in [-0.3, -0.25) is 0 Å². The van der Waals surface area contributed by atoms with Crippen molar-refractivity contribution in [3.05, 3.63) is 106 Å². The van der Waals surface area contributed by atoms with Gasteiger partial charge in [0, 0.05) is 23.5 Å². The Labute approximate surface area is 161 Å². The van der Waals surface area contributed by atoms with Crippen molar-refractivity contribution in [3.63, 3.8) is 0 Å². The Bertz CT molecular complexity index is 1270. The van der Waals surface area contributed by atoms with E-state index in [1.807, 2.05) is 72.8 Å². The lowest BCUT2D eigenvalue weighted by atomic mass is 9.78. The SMILES string of the molecule is O=c1oc2ccccc2c2c1[C@H]1C[C@](c3ccccc3)(Oc3ccccc31)O2. The fraction of sp³-hybridized carbons (Fsp3) is 0.125. The van der Waals surface area contributed by atoms with Crippen molar-refractivity contribution >= 4 is 11.0 Å². The van der Waals surface area contributed by atoms with Gasteiger partial charge in [-0.05, 0) is 18.2 Å². The van der Waals surface area contributed by atoms with Crippen LogP contribution in [0.25, 0.3) is 11.0 Å². The van der Waals surface area contributed by atoms with Crippen LogP contribution in [0.15, 0.2) is 88.1 Å². The molecule has 0 spiro atoms. The molecule has 136 valence electrons. The summed E-state index contributed by atoms with van der Waals surface area (Å²) in [5.74, 6) is 0.154. The van der Waals surface area contributed by atoms with Gasteiger partial charge in [0.1, 0.15) is 17.1 Å². The Hall–Kier alpha value is -3.53. The standard InChI is InChI=1S/C24H16O4/c25-23-21-18-14-24(15-8-2-1-3-9-15,27-20-13-7-4-10-16(18)20)28-22(21)17-11-5-6-12-19(17)26-23/h1-13,18H,14H2/t18-,24-/m0/s1. The monoisotopic (exact) mass is 368 g/mol. The second-order valence-electron chi connectivity index (χ2n) is 7.25. The van der Waals surface area contributed by atoms with Gasteiger partial charge in [-0.2, -0.15) is 0 Å². The molecule has 0 fully saturated rings. The maximum absolute atomic E-state index is 12.9. The van der Waals surface area contributed by atoms with Gasteiger partial charge in [0.15, 0.2) is 0 Å². The smallest absolute Gasteiger partial charge is 0.343 e. The van der Waals surface area contributed by atoms with Crippen molar-refractivity contribution in [1.82, 2.24) is 0 Å². The van der Waals surface area contributed by atoms with E-state index in [0.717, 1.165) is 22.3 Å². The summed E-state index contributed by atoms with van der Waals surface area (Å²) >= 11 is 0. The third-order valence-electron chi connectivity index (χ3n) is 5.67. The average molecular weight is 368 g/mol. The molecule has 0 saturated heterocycles. The molecule has 0 saturated carbocycles. The van der Waals surface area contributed by atoms with Gasteiger partial charge in [-0.1, -0.05) is 60.7 Å². The average Bonchev–Trinajstić information content (AvgIpc) is 2.74. The summed E-state index contributed by atoms with van der Waals surface area (Å²) in [5.41, 5.74) is 2.65. The highest BCUT2D eigenvalue weighted by Crippen LogP contribution is 2.55. The zero-order valence-electron chi connectivity index (χ0n) is 14.9. The lowest BCUT2D eigenvalue weighted by molar-refractivity contribution is -0.148. The highest BCUT2D eigenvalue weighted by Gasteiger charge is 2.51. The van der Waals surface area contributed by atoms with Crippen LogP contribution in [0.2, 0.25) is 0 Å². The highest BCUT2D eigenvalue weighted by molar-refractivity contribution is 5.85. The second-order valence-corrected chi connectivity index (χ2v) is 7.25. The van der Waals surface area contributed by atoms with E-state index in [1.165, 1.54) is 0 Å². The van der Waals surface area contributed by atoms with Crippen LogP contribution in [0.4, 0.5) is 0 Å². The first kappa shape index (κ1) is 15.5. The number of hydrogen-bond donors (Lipinski definition) is 0. The molecule has 3 heterocycles. The molecule has 0 aliphatic carbocycles. The summed E-state index contributed by atoms with van der Waals surface area (Å²) < 4.78 is 18.6. The van der Waals surface area contributed by atoms with E-state index in [4.69, 9.17) is 13.9 Å². The van der Waals surface area contributed by atoms with Crippen molar-refractivity contribution in [2.24, 2.45) is 0 Å². The normalized spacial score (nSPS) is 21.9. The second kappa shape index (κ2) is 5.49. The molecule has 6 rings (SSSR count). The predicted molar refractivity (Wildman–Crippen MR) is 105 cm³/mol. The highest BCUT2D eigenvalue weighted by atomic mass is 16.7. The minimum atomic E-state index is -0.982. The van der Waals surface area contributed by atoms with E-state index in [2.05, 4.69) is 0 Å². The summed E-state index contributed by atoms with van der Waals surface area (Å²) in [7, 11) is 0. The Balaban J connectivity index is 1.71. The number of para-hydroxylation sites is 2. The van der Waals surface area contributed by atoms with Crippen molar-refractivity contribution in [1.29, 1.82) is 0 Å². The zero-order valence-corrected chi connectivity index (χ0v) is 14.9. The molecule has 0 radical (unpaired) electrons. The molecular formula is C24H16O4. The first-order valence-corrected chi connectivity index (χ1v) is 9.33. The number of hydrogen-bond acceptors (Lipinski definition) is 4. The molecule has 2 aliphatic heterocycles.